The summed E-state index contributed by atoms with van der Waals surface area (Å²) in [6.45, 7) is 2.73. The first kappa shape index (κ1) is 13.2. The minimum atomic E-state index is 0.131. The van der Waals surface area contributed by atoms with Crippen LogP contribution in [0.25, 0.3) is 0 Å². The summed E-state index contributed by atoms with van der Waals surface area (Å²) in [4.78, 5) is 2.24. The molecule has 0 amide bonds. The molecule has 0 radical (unpaired) electrons. The van der Waals surface area contributed by atoms with Crippen LogP contribution in [0.15, 0.2) is 30.3 Å². The number of rotatable bonds is 7. The van der Waals surface area contributed by atoms with Crippen molar-refractivity contribution in [2.75, 3.05) is 33.9 Å². The molecular weight excluding hydrogens is 200 g/mol. The van der Waals surface area contributed by atoms with E-state index in [1.165, 1.54) is 5.56 Å². The van der Waals surface area contributed by atoms with Gasteiger partial charge >= 0.3 is 0 Å². The van der Waals surface area contributed by atoms with E-state index in [-0.39, 0.29) is 6.04 Å². The SMILES string of the molecule is COCCN(C)CCC(N)c1ccccc1. The third-order valence-electron chi connectivity index (χ3n) is 2.73. The van der Waals surface area contributed by atoms with E-state index in [0.717, 1.165) is 26.1 Å². The molecule has 3 heteroatoms. The Morgan fingerprint density at radius 2 is 1.94 bits per heavy atom. The predicted octanol–water partition coefficient (Wildman–Crippen LogP) is 1.65. The van der Waals surface area contributed by atoms with E-state index in [1.807, 2.05) is 18.2 Å². The molecule has 1 unspecified atom stereocenters. The van der Waals surface area contributed by atoms with E-state index in [1.54, 1.807) is 7.11 Å². The highest BCUT2D eigenvalue weighted by Gasteiger charge is 2.06. The lowest BCUT2D eigenvalue weighted by molar-refractivity contribution is 0.159. The van der Waals surface area contributed by atoms with Crippen molar-refractivity contribution in [1.82, 2.24) is 4.90 Å². The van der Waals surface area contributed by atoms with Crippen LogP contribution in [0.3, 0.4) is 0 Å². The van der Waals surface area contributed by atoms with Crippen molar-refractivity contribution < 1.29 is 4.74 Å². The maximum atomic E-state index is 6.11. The lowest BCUT2D eigenvalue weighted by atomic mass is 10.0. The summed E-state index contributed by atoms with van der Waals surface area (Å²) in [5.74, 6) is 0. The molecule has 0 fully saturated rings. The van der Waals surface area contributed by atoms with E-state index in [4.69, 9.17) is 10.5 Å². The van der Waals surface area contributed by atoms with E-state index in [2.05, 4.69) is 24.1 Å². The second kappa shape index (κ2) is 7.39. The van der Waals surface area contributed by atoms with E-state index >= 15 is 0 Å². The van der Waals surface area contributed by atoms with E-state index in [9.17, 15) is 0 Å². The molecule has 16 heavy (non-hydrogen) atoms. The Bertz CT molecular complexity index is 277. The molecule has 0 heterocycles. The average Bonchev–Trinajstić information content (AvgIpc) is 2.34. The Morgan fingerprint density at radius 3 is 2.56 bits per heavy atom. The Kier molecular flexibility index (Phi) is 6.08. The van der Waals surface area contributed by atoms with Crippen molar-refractivity contribution in [2.24, 2.45) is 5.73 Å². The minimum Gasteiger partial charge on any atom is -0.383 e. The van der Waals surface area contributed by atoms with Gasteiger partial charge in [0.15, 0.2) is 0 Å². The Balaban J connectivity index is 2.27. The predicted molar refractivity (Wildman–Crippen MR) is 67.4 cm³/mol. The molecule has 0 aromatic heterocycles. The molecule has 0 aliphatic rings. The minimum absolute atomic E-state index is 0.131. The van der Waals surface area contributed by atoms with Gasteiger partial charge in [0.05, 0.1) is 6.61 Å². The van der Waals surface area contributed by atoms with Crippen LogP contribution >= 0.6 is 0 Å². The number of benzene rings is 1. The Hall–Kier alpha value is -0.900. The Labute approximate surface area is 98.2 Å². The lowest BCUT2D eigenvalue weighted by Crippen LogP contribution is -2.26. The zero-order valence-electron chi connectivity index (χ0n) is 10.2. The van der Waals surface area contributed by atoms with Crippen LogP contribution in [0, 0.1) is 0 Å². The summed E-state index contributed by atoms with van der Waals surface area (Å²) in [5, 5.41) is 0. The van der Waals surface area contributed by atoms with Gasteiger partial charge in [-0.2, -0.15) is 0 Å². The molecule has 0 saturated carbocycles. The van der Waals surface area contributed by atoms with Crippen LogP contribution in [0.4, 0.5) is 0 Å². The number of hydrogen-bond donors (Lipinski definition) is 1. The molecule has 90 valence electrons. The molecule has 0 aliphatic carbocycles. The number of likely N-dealkylation sites (N-methyl/N-ethyl adjacent to an activating group) is 1. The summed E-state index contributed by atoms with van der Waals surface area (Å²) in [6, 6.07) is 10.4. The zero-order valence-corrected chi connectivity index (χ0v) is 10.2. The van der Waals surface area contributed by atoms with Crippen molar-refractivity contribution in [3.05, 3.63) is 35.9 Å². The van der Waals surface area contributed by atoms with Gasteiger partial charge in [-0.3, -0.25) is 0 Å². The van der Waals surface area contributed by atoms with Crippen molar-refractivity contribution in [1.29, 1.82) is 0 Å². The molecule has 1 rings (SSSR count). The summed E-state index contributed by atoms with van der Waals surface area (Å²) in [6.07, 6.45) is 0.976. The summed E-state index contributed by atoms with van der Waals surface area (Å²) in [5.41, 5.74) is 7.32. The second-order valence-electron chi connectivity index (χ2n) is 4.10. The molecule has 0 saturated heterocycles. The van der Waals surface area contributed by atoms with Gasteiger partial charge in [-0.05, 0) is 25.6 Å². The van der Waals surface area contributed by atoms with Gasteiger partial charge in [0, 0.05) is 19.7 Å². The molecule has 1 aromatic carbocycles. The molecule has 1 atom stereocenters. The van der Waals surface area contributed by atoms with Crippen molar-refractivity contribution in [2.45, 2.75) is 12.5 Å². The highest BCUT2D eigenvalue weighted by molar-refractivity contribution is 5.18. The molecule has 0 bridgehead atoms. The summed E-state index contributed by atoms with van der Waals surface area (Å²) in [7, 11) is 3.82. The first-order chi connectivity index (χ1) is 7.74. The fourth-order valence-electron chi connectivity index (χ4n) is 1.59. The standard InChI is InChI=1S/C13H22N2O/c1-15(10-11-16-2)9-8-13(14)12-6-4-3-5-7-12/h3-7,13H,8-11,14H2,1-2H3. The van der Waals surface area contributed by atoms with Gasteiger partial charge in [-0.25, -0.2) is 0 Å². The zero-order chi connectivity index (χ0) is 11.8. The third kappa shape index (κ3) is 4.75. The molecule has 0 spiro atoms. The van der Waals surface area contributed by atoms with Gasteiger partial charge in [0.25, 0.3) is 0 Å². The number of hydrogen-bond acceptors (Lipinski definition) is 3. The number of methoxy groups -OCH3 is 1. The smallest absolute Gasteiger partial charge is 0.0589 e. The van der Waals surface area contributed by atoms with Gasteiger partial charge in [-0.15, -0.1) is 0 Å². The van der Waals surface area contributed by atoms with Crippen LogP contribution < -0.4 is 5.73 Å². The van der Waals surface area contributed by atoms with Crippen molar-refractivity contribution in [3.63, 3.8) is 0 Å². The topological polar surface area (TPSA) is 38.5 Å². The van der Waals surface area contributed by atoms with Crippen LogP contribution in [0.5, 0.6) is 0 Å². The van der Waals surface area contributed by atoms with Crippen molar-refractivity contribution in [3.8, 4) is 0 Å². The fourth-order valence-corrected chi connectivity index (χ4v) is 1.59. The Morgan fingerprint density at radius 1 is 1.25 bits per heavy atom. The highest BCUT2D eigenvalue weighted by Crippen LogP contribution is 2.13. The van der Waals surface area contributed by atoms with Crippen LogP contribution in [-0.4, -0.2) is 38.8 Å². The summed E-state index contributed by atoms with van der Waals surface area (Å²) < 4.78 is 5.03. The fraction of sp³-hybridized carbons (Fsp3) is 0.538. The monoisotopic (exact) mass is 222 g/mol. The van der Waals surface area contributed by atoms with Gasteiger partial charge in [0.2, 0.25) is 0 Å². The van der Waals surface area contributed by atoms with Gasteiger partial charge in [-0.1, -0.05) is 30.3 Å². The molecule has 3 nitrogen and oxygen atoms in total. The molecule has 0 aliphatic heterocycles. The first-order valence-electron chi connectivity index (χ1n) is 5.72. The van der Waals surface area contributed by atoms with Crippen LogP contribution in [-0.2, 0) is 4.74 Å². The molecule has 1 aromatic rings. The van der Waals surface area contributed by atoms with E-state index < -0.39 is 0 Å². The van der Waals surface area contributed by atoms with Crippen molar-refractivity contribution >= 4 is 0 Å². The van der Waals surface area contributed by atoms with Gasteiger partial charge in [0.1, 0.15) is 0 Å². The second-order valence-corrected chi connectivity index (χ2v) is 4.10. The highest BCUT2D eigenvalue weighted by atomic mass is 16.5. The quantitative estimate of drug-likeness (QED) is 0.762. The molecular formula is C13H22N2O. The maximum Gasteiger partial charge on any atom is 0.0589 e. The number of nitrogens with zero attached hydrogens (tertiary/aromatic N) is 1. The average molecular weight is 222 g/mol. The lowest BCUT2D eigenvalue weighted by Gasteiger charge is -2.19. The van der Waals surface area contributed by atoms with Crippen LogP contribution in [0.2, 0.25) is 0 Å². The van der Waals surface area contributed by atoms with E-state index in [0.29, 0.717) is 0 Å². The normalized spacial score (nSPS) is 13.0. The number of ether oxygens (including phenoxy) is 1. The first-order valence-corrected chi connectivity index (χ1v) is 5.72. The largest absolute Gasteiger partial charge is 0.383 e. The van der Waals surface area contributed by atoms with Crippen LogP contribution in [0.1, 0.15) is 18.0 Å². The number of nitrogens with two attached hydrogens (primary N) is 1. The summed E-state index contributed by atoms with van der Waals surface area (Å²) >= 11 is 0. The maximum absolute atomic E-state index is 6.11. The van der Waals surface area contributed by atoms with Gasteiger partial charge < -0.3 is 15.4 Å². The molecule has 2 N–H and O–H groups in total. The third-order valence-corrected chi connectivity index (χ3v) is 2.73.